The van der Waals surface area contributed by atoms with Crippen LogP contribution in [0.3, 0.4) is 0 Å². The van der Waals surface area contributed by atoms with E-state index in [-0.39, 0.29) is 5.91 Å². The molecule has 102 valence electrons. The van der Waals surface area contributed by atoms with Gasteiger partial charge in [-0.1, -0.05) is 12.1 Å². The Morgan fingerprint density at radius 1 is 1.26 bits per heavy atom. The Balaban J connectivity index is 1.90. The molecule has 1 saturated heterocycles. The first kappa shape index (κ1) is 13.4. The second kappa shape index (κ2) is 5.73. The lowest BCUT2D eigenvalue weighted by Gasteiger charge is -2.22. The first-order chi connectivity index (χ1) is 9.08. The normalized spacial score (nSPS) is 18.5. The fourth-order valence-electron chi connectivity index (χ4n) is 2.44. The molecule has 0 radical (unpaired) electrons. The van der Waals surface area contributed by atoms with Gasteiger partial charge in [-0.15, -0.1) is 0 Å². The highest BCUT2D eigenvalue weighted by Gasteiger charge is 2.31. The van der Waals surface area contributed by atoms with Crippen molar-refractivity contribution in [3.05, 3.63) is 29.8 Å². The van der Waals surface area contributed by atoms with Gasteiger partial charge < -0.3 is 16.4 Å². The number of nitrogen functional groups attached to an aromatic ring is 1. The maximum absolute atomic E-state index is 12.1. The molecule has 4 N–H and O–H groups in total. The van der Waals surface area contributed by atoms with Crippen molar-refractivity contribution in [2.45, 2.75) is 31.7 Å². The third kappa shape index (κ3) is 3.24. The number of nitrogens with zero attached hydrogens (tertiary/aromatic N) is 1. The molecule has 0 aromatic heterocycles. The Kier molecular flexibility index (Phi) is 4.04. The van der Waals surface area contributed by atoms with Crippen LogP contribution in [0.5, 0.6) is 0 Å². The van der Waals surface area contributed by atoms with Gasteiger partial charge in [-0.05, 0) is 37.0 Å². The topological polar surface area (TPSA) is 89.4 Å². The Hall–Kier alpha value is -2.04. The van der Waals surface area contributed by atoms with Crippen LogP contribution in [-0.2, 0) is 16.0 Å². The van der Waals surface area contributed by atoms with Crippen molar-refractivity contribution in [3.63, 3.8) is 0 Å². The van der Waals surface area contributed by atoms with Gasteiger partial charge in [-0.3, -0.25) is 9.59 Å². The molecule has 1 heterocycles. The zero-order chi connectivity index (χ0) is 13.8. The van der Waals surface area contributed by atoms with Gasteiger partial charge in [0.15, 0.2) is 0 Å². The van der Waals surface area contributed by atoms with Crippen LogP contribution in [0, 0.1) is 0 Å². The van der Waals surface area contributed by atoms with Gasteiger partial charge in [0.1, 0.15) is 6.04 Å². The van der Waals surface area contributed by atoms with Crippen LogP contribution in [-0.4, -0.2) is 29.3 Å². The van der Waals surface area contributed by atoms with Crippen molar-refractivity contribution in [2.75, 3.05) is 12.3 Å². The van der Waals surface area contributed by atoms with Crippen LogP contribution >= 0.6 is 0 Å². The molecule has 0 saturated carbocycles. The summed E-state index contributed by atoms with van der Waals surface area (Å²) in [7, 11) is 0. The quantitative estimate of drug-likeness (QED) is 0.781. The molecule has 5 heteroatoms. The maximum Gasteiger partial charge on any atom is 0.240 e. The van der Waals surface area contributed by atoms with E-state index in [1.54, 1.807) is 4.90 Å². The summed E-state index contributed by atoms with van der Waals surface area (Å²) in [6, 6.07) is 7.05. The van der Waals surface area contributed by atoms with Crippen LogP contribution in [0.1, 0.15) is 24.8 Å². The Morgan fingerprint density at radius 2 is 1.95 bits per heavy atom. The molecule has 2 rings (SSSR count). The average molecular weight is 261 g/mol. The number of hydrogen-bond acceptors (Lipinski definition) is 3. The molecule has 5 nitrogen and oxygen atoms in total. The fourth-order valence-corrected chi connectivity index (χ4v) is 2.44. The molecule has 1 aromatic rings. The van der Waals surface area contributed by atoms with Crippen molar-refractivity contribution in [1.82, 2.24) is 4.90 Å². The molecule has 1 fully saturated rings. The van der Waals surface area contributed by atoms with E-state index in [9.17, 15) is 9.59 Å². The highest BCUT2D eigenvalue weighted by atomic mass is 16.2. The number of anilines is 1. The van der Waals surface area contributed by atoms with Gasteiger partial charge in [0.2, 0.25) is 11.8 Å². The van der Waals surface area contributed by atoms with Crippen LogP contribution in [0.25, 0.3) is 0 Å². The van der Waals surface area contributed by atoms with E-state index >= 15 is 0 Å². The lowest BCUT2D eigenvalue weighted by atomic mass is 10.1. The molecule has 0 bridgehead atoms. The van der Waals surface area contributed by atoms with Crippen LogP contribution in [0.2, 0.25) is 0 Å². The van der Waals surface area contributed by atoms with Gasteiger partial charge >= 0.3 is 0 Å². The molecule has 1 atom stereocenters. The van der Waals surface area contributed by atoms with Crippen molar-refractivity contribution in [3.8, 4) is 0 Å². The number of carbonyl (C=O) groups is 2. The minimum absolute atomic E-state index is 0.00174. The molecule has 1 aliphatic heterocycles. The third-order valence-corrected chi connectivity index (χ3v) is 3.51. The van der Waals surface area contributed by atoms with Gasteiger partial charge in [-0.2, -0.15) is 0 Å². The first-order valence-electron chi connectivity index (χ1n) is 6.51. The highest BCUT2D eigenvalue weighted by molar-refractivity contribution is 5.87. The molecule has 0 spiro atoms. The van der Waals surface area contributed by atoms with Crippen LogP contribution in [0.15, 0.2) is 24.3 Å². The summed E-state index contributed by atoms with van der Waals surface area (Å²) in [6.07, 6.45) is 2.58. The van der Waals surface area contributed by atoms with Gasteiger partial charge in [0.25, 0.3) is 0 Å². The second-order valence-electron chi connectivity index (χ2n) is 4.89. The van der Waals surface area contributed by atoms with Crippen molar-refractivity contribution in [2.24, 2.45) is 5.73 Å². The number of rotatable bonds is 4. The van der Waals surface area contributed by atoms with E-state index in [4.69, 9.17) is 11.5 Å². The summed E-state index contributed by atoms with van der Waals surface area (Å²) >= 11 is 0. The smallest absolute Gasteiger partial charge is 0.240 e. The van der Waals surface area contributed by atoms with Crippen molar-refractivity contribution in [1.29, 1.82) is 0 Å². The average Bonchev–Trinajstić information content (AvgIpc) is 2.87. The molecule has 19 heavy (non-hydrogen) atoms. The number of benzene rings is 1. The number of carbonyl (C=O) groups excluding carboxylic acids is 2. The van der Waals surface area contributed by atoms with E-state index in [0.29, 0.717) is 31.5 Å². The molecule has 1 aliphatic rings. The number of likely N-dealkylation sites (tertiary alicyclic amines) is 1. The second-order valence-corrected chi connectivity index (χ2v) is 4.89. The third-order valence-electron chi connectivity index (χ3n) is 3.51. The molecule has 1 aromatic carbocycles. The van der Waals surface area contributed by atoms with E-state index in [0.717, 1.165) is 12.0 Å². The Morgan fingerprint density at radius 3 is 2.58 bits per heavy atom. The molecular weight excluding hydrogens is 242 g/mol. The summed E-state index contributed by atoms with van der Waals surface area (Å²) in [6.45, 7) is 0.633. The summed E-state index contributed by atoms with van der Waals surface area (Å²) in [5.74, 6) is -0.406. The number of amides is 2. The van der Waals surface area contributed by atoms with E-state index in [2.05, 4.69) is 0 Å². The van der Waals surface area contributed by atoms with Gasteiger partial charge in [0, 0.05) is 18.7 Å². The SMILES string of the molecule is NC(=O)C1CCCN1C(=O)CCc1ccc(N)cc1. The first-order valence-corrected chi connectivity index (χ1v) is 6.51. The van der Waals surface area contributed by atoms with Crippen molar-refractivity contribution < 1.29 is 9.59 Å². The number of hydrogen-bond donors (Lipinski definition) is 2. The maximum atomic E-state index is 12.1. The molecule has 1 unspecified atom stereocenters. The van der Waals surface area contributed by atoms with Gasteiger partial charge in [-0.25, -0.2) is 0 Å². The number of aryl methyl sites for hydroxylation is 1. The lowest BCUT2D eigenvalue weighted by Crippen LogP contribution is -2.43. The largest absolute Gasteiger partial charge is 0.399 e. The Bertz CT molecular complexity index is 470. The number of nitrogens with two attached hydrogens (primary N) is 2. The lowest BCUT2D eigenvalue weighted by molar-refractivity contribution is -0.137. The van der Waals surface area contributed by atoms with E-state index < -0.39 is 11.9 Å². The molecule has 0 aliphatic carbocycles. The zero-order valence-corrected chi connectivity index (χ0v) is 10.8. The predicted octanol–water partition coefficient (Wildman–Crippen LogP) is 0.678. The Labute approximate surface area is 112 Å². The minimum atomic E-state index is -0.418. The highest BCUT2D eigenvalue weighted by Crippen LogP contribution is 2.18. The van der Waals surface area contributed by atoms with Crippen molar-refractivity contribution >= 4 is 17.5 Å². The van der Waals surface area contributed by atoms with Crippen LogP contribution in [0.4, 0.5) is 5.69 Å². The summed E-state index contributed by atoms with van der Waals surface area (Å²) in [5.41, 5.74) is 12.7. The molecule has 2 amide bonds. The molecular formula is C14H19N3O2. The van der Waals surface area contributed by atoms with Gasteiger partial charge in [0.05, 0.1) is 0 Å². The number of primary amides is 1. The summed E-state index contributed by atoms with van der Waals surface area (Å²) in [5, 5.41) is 0. The minimum Gasteiger partial charge on any atom is -0.399 e. The summed E-state index contributed by atoms with van der Waals surface area (Å²) in [4.78, 5) is 24.9. The summed E-state index contributed by atoms with van der Waals surface area (Å²) < 4.78 is 0. The van der Waals surface area contributed by atoms with E-state index in [1.807, 2.05) is 24.3 Å². The monoisotopic (exact) mass is 261 g/mol. The standard InChI is InChI=1S/C14H19N3O2/c15-11-6-3-10(4-7-11)5-8-13(18)17-9-1-2-12(17)14(16)19/h3-4,6-7,12H,1-2,5,8-9,15H2,(H2,16,19). The van der Waals surface area contributed by atoms with Crippen LogP contribution < -0.4 is 11.5 Å². The van der Waals surface area contributed by atoms with E-state index in [1.165, 1.54) is 0 Å². The fraction of sp³-hybridized carbons (Fsp3) is 0.429. The predicted molar refractivity (Wildman–Crippen MR) is 73.1 cm³/mol. The zero-order valence-electron chi connectivity index (χ0n) is 10.8.